The summed E-state index contributed by atoms with van der Waals surface area (Å²) in [5, 5.41) is 27.4. The highest BCUT2D eigenvalue weighted by Gasteiger charge is 2.21. The third-order valence-electron chi connectivity index (χ3n) is 1.95. The van der Waals surface area contributed by atoms with Gasteiger partial charge >= 0.3 is 7.12 Å². The lowest BCUT2D eigenvalue weighted by atomic mass is 9.76. The molecule has 0 radical (unpaired) electrons. The maximum atomic E-state index is 9.19. The van der Waals surface area contributed by atoms with Gasteiger partial charge in [-0.15, -0.1) is 0 Å². The molecule has 0 bridgehead atoms. The van der Waals surface area contributed by atoms with Crippen molar-refractivity contribution >= 4 is 12.6 Å². The van der Waals surface area contributed by atoms with Crippen LogP contribution in [0.25, 0.3) is 0 Å². The monoisotopic (exact) mass is 210 g/mol. The first-order valence-electron chi connectivity index (χ1n) is 4.81. The van der Waals surface area contributed by atoms with E-state index in [4.69, 9.17) is 9.84 Å². The van der Waals surface area contributed by atoms with Crippen LogP contribution in [-0.2, 0) is 6.61 Å². The van der Waals surface area contributed by atoms with Gasteiger partial charge in [0.25, 0.3) is 0 Å². The van der Waals surface area contributed by atoms with Gasteiger partial charge in [-0.3, -0.25) is 0 Å². The number of aliphatic hydroxyl groups is 1. The normalized spacial score (nSPS) is 10.5. The van der Waals surface area contributed by atoms with E-state index >= 15 is 0 Å². The van der Waals surface area contributed by atoms with Gasteiger partial charge in [-0.25, -0.2) is 0 Å². The second-order valence-electron chi connectivity index (χ2n) is 3.53. The quantitative estimate of drug-likeness (QED) is 0.594. The van der Waals surface area contributed by atoms with Crippen LogP contribution in [0.5, 0.6) is 5.75 Å². The van der Waals surface area contributed by atoms with Crippen LogP contribution in [0.15, 0.2) is 18.2 Å². The molecule has 0 aliphatic carbocycles. The van der Waals surface area contributed by atoms with Crippen LogP contribution < -0.4 is 10.2 Å². The maximum Gasteiger partial charge on any atom is 0.492 e. The lowest BCUT2D eigenvalue weighted by molar-refractivity contribution is 0.241. The Kier molecular flexibility index (Phi) is 4.14. The first kappa shape index (κ1) is 12.0. The van der Waals surface area contributed by atoms with Gasteiger partial charge in [-0.05, 0) is 25.5 Å². The first-order valence-corrected chi connectivity index (χ1v) is 4.81. The molecule has 0 aliphatic heterocycles. The van der Waals surface area contributed by atoms with Gasteiger partial charge in [-0.2, -0.15) is 0 Å². The number of hydrogen-bond donors (Lipinski definition) is 3. The van der Waals surface area contributed by atoms with E-state index in [2.05, 4.69) is 0 Å². The predicted molar refractivity (Wildman–Crippen MR) is 58.0 cm³/mol. The molecule has 4 nitrogen and oxygen atoms in total. The Morgan fingerprint density at radius 3 is 2.47 bits per heavy atom. The molecule has 82 valence electrons. The third kappa shape index (κ3) is 2.96. The van der Waals surface area contributed by atoms with Crippen molar-refractivity contribution < 1.29 is 19.9 Å². The average molecular weight is 210 g/mol. The first-order chi connectivity index (χ1) is 7.06. The van der Waals surface area contributed by atoms with Crippen molar-refractivity contribution in [3.05, 3.63) is 23.8 Å². The lowest BCUT2D eigenvalue weighted by Crippen LogP contribution is -2.35. The topological polar surface area (TPSA) is 69.9 Å². The van der Waals surface area contributed by atoms with Gasteiger partial charge < -0.3 is 19.9 Å². The molecule has 0 spiro atoms. The minimum atomic E-state index is -1.64. The van der Waals surface area contributed by atoms with Gasteiger partial charge in [0.05, 0.1) is 12.7 Å². The summed E-state index contributed by atoms with van der Waals surface area (Å²) < 4.78 is 5.42. The molecule has 5 heteroatoms. The Balaban J connectivity index is 3.13. The number of rotatable bonds is 4. The fourth-order valence-corrected chi connectivity index (χ4v) is 1.38. The molecule has 0 saturated carbocycles. The molecule has 0 aliphatic rings. The highest BCUT2D eigenvalue weighted by atomic mass is 16.5. The summed E-state index contributed by atoms with van der Waals surface area (Å²) >= 11 is 0. The van der Waals surface area contributed by atoms with Gasteiger partial charge in [0, 0.05) is 5.46 Å². The van der Waals surface area contributed by atoms with E-state index in [-0.39, 0.29) is 18.2 Å². The zero-order valence-electron chi connectivity index (χ0n) is 8.84. The molecule has 0 heterocycles. The summed E-state index contributed by atoms with van der Waals surface area (Å²) in [5.41, 5.74) is 0.692. The van der Waals surface area contributed by atoms with Gasteiger partial charge in [0.15, 0.2) is 0 Å². The summed E-state index contributed by atoms with van der Waals surface area (Å²) in [6, 6.07) is 4.98. The van der Waals surface area contributed by atoms with E-state index in [1.807, 2.05) is 13.8 Å². The van der Waals surface area contributed by atoms with Crippen LogP contribution >= 0.6 is 0 Å². The minimum absolute atomic E-state index is 0.0588. The van der Waals surface area contributed by atoms with E-state index in [1.54, 1.807) is 18.2 Å². The van der Waals surface area contributed by atoms with Crippen LogP contribution in [-0.4, -0.2) is 28.4 Å². The zero-order chi connectivity index (χ0) is 11.4. The number of ether oxygens (including phenoxy) is 1. The Morgan fingerprint density at radius 1 is 1.33 bits per heavy atom. The molecule has 0 saturated heterocycles. The molecule has 0 aromatic heterocycles. The van der Waals surface area contributed by atoms with E-state index in [0.29, 0.717) is 11.3 Å². The fourth-order valence-electron chi connectivity index (χ4n) is 1.38. The predicted octanol–water partition coefficient (Wildman–Crippen LogP) is -0.354. The smallest absolute Gasteiger partial charge is 0.491 e. The van der Waals surface area contributed by atoms with Crippen LogP contribution in [0.1, 0.15) is 19.4 Å². The molecule has 0 unspecified atom stereocenters. The van der Waals surface area contributed by atoms with Gasteiger partial charge in [-0.1, -0.05) is 12.1 Å². The van der Waals surface area contributed by atoms with Crippen LogP contribution in [0, 0.1) is 0 Å². The van der Waals surface area contributed by atoms with E-state index < -0.39 is 7.12 Å². The number of aliphatic hydroxyl groups excluding tert-OH is 1. The summed E-state index contributed by atoms with van der Waals surface area (Å²) in [4.78, 5) is 0. The zero-order valence-corrected chi connectivity index (χ0v) is 8.84. The Bertz CT molecular complexity index is 325. The Labute approximate surface area is 89.3 Å². The van der Waals surface area contributed by atoms with Crippen molar-refractivity contribution in [2.75, 3.05) is 0 Å². The molecule has 1 aromatic rings. The Hall–Kier alpha value is -1.04. The molecule has 1 rings (SSSR count). The van der Waals surface area contributed by atoms with Crippen LogP contribution in [0.3, 0.4) is 0 Å². The second kappa shape index (κ2) is 5.16. The van der Waals surface area contributed by atoms with Crippen LogP contribution in [0.4, 0.5) is 0 Å². The minimum Gasteiger partial charge on any atom is -0.491 e. The highest BCUT2D eigenvalue weighted by molar-refractivity contribution is 6.60. The highest BCUT2D eigenvalue weighted by Crippen LogP contribution is 2.13. The average Bonchev–Trinajstić information content (AvgIpc) is 2.15. The van der Waals surface area contributed by atoms with Crippen molar-refractivity contribution in [2.45, 2.75) is 26.6 Å². The number of hydrogen-bond acceptors (Lipinski definition) is 4. The molecule has 0 amide bonds. The summed E-state index contributed by atoms with van der Waals surface area (Å²) in [5.74, 6) is 0.395. The van der Waals surface area contributed by atoms with Crippen molar-refractivity contribution in [3.63, 3.8) is 0 Å². The van der Waals surface area contributed by atoms with E-state index in [1.165, 1.54) is 0 Å². The van der Waals surface area contributed by atoms with Gasteiger partial charge in [0.1, 0.15) is 5.75 Å². The number of benzene rings is 1. The van der Waals surface area contributed by atoms with Gasteiger partial charge in [0.2, 0.25) is 0 Å². The standard InChI is InChI=1S/C10H15BO4/c1-7(2)15-9-5-3-4-8(6-12)10(9)11(13)14/h3-5,7,12-14H,6H2,1-2H3. The summed E-state index contributed by atoms with van der Waals surface area (Å²) in [7, 11) is -1.64. The second-order valence-corrected chi connectivity index (χ2v) is 3.53. The van der Waals surface area contributed by atoms with Crippen molar-refractivity contribution in [3.8, 4) is 5.75 Å². The van der Waals surface area contributed by atoms with Crippen molar-refractivity contribution in [2.24, 2.45) is 0 Å². The molecule has 0 atom stereocenters. The Morgan fingerprint density at radius 2 is 2.00 bits per heavy atom. The maximum absolute atomic E-state index is 9.19. The molecule has 3 N–H and O–H groups in total. The third-order valence-corrected chi connectivity index (χ3v) is 1.95. The van der Waals surface area contributed by atoms with Crippen molar-refractivity contribution in [1.82, 2.24) is 0 Å². The van der Waals surface area contributed by atoms with Crippen LogP contribution in [0.2, 0.25) is 0 Å². The molecular weight excluding hydrogens is 195 g/mol. The van der Waals surface area contributed by atoms with E-state index in [0.717, 1.165) is 0 Å². The molecule has 1 aromatic carbocycles. The van der Waals surface area contributed by atoms with E-state index in [9.17, 15) is 10.0 Å². The molecule has 15 heavy (non-hydrogen) atoms. The summed E-state index contributed by atoms with van der Waals surface area (Å²) in [6.45, 7) is 3.44. The fraction of sp³-hybridized carbons (Fsp3) is 0.400. The summed E-state index contributed by atoms with van der Waals surface area (Å²) in [6.07, 6.45) is -0.0588. The largest absolute Gasteiger partial charge is 0.492 e. The lowest BCUT2D eigenvalue weighted by Gasteiger charge is -2.16. The SMILES string of the molecule is CC(C)Oc1cccc(CO)c1B(O)O. The van der Waals surface area contributed by atoms with Crippen molar-refractivity contribution in [1.29, 1.82) is 0 Å². The molecular formula is C10H15BO4. The molecule has 0 fully saturated rings.